The standard InChI is InChI=1S/C69H50N2/c1-69(2)64-44-53(62-46-63-66(51-24-12-5-13-25-51)67(52-26-14-6-15-27-52)71(54-28-16-7-17-29-54)68(63)61-31-19-18-30-58(61)62)36-42-59(64)60-43-41-57(45-65(60)69)70(55-37-32-49(33-38-55)47-20-8-3-9-21-47)56-39-34-50(35-40-56)48-22-10-4-11-23-48/h3-46H,1-2H3. The lowest BCUT2D eigenvalue weighted by Crippen LogP contribution is -2.16. The van der Waals surface area contributed by atoms with Crippen molar-refractivity contribution in [2.45, 2.75) is 19.3 Å². The summed E-state index contributed by atoms with van der Waals surface area (Å²) in [7, 11) is 0. The fourth-order valence-corrected chi connectivity index (χ4v) is 11.3. The van der Waals surface area contributed by atoms with Crippen LogP contribution in [0.25, 0.3) is 94.3 Å². The Balaban J connectivity index is 0.958. The lowest BCUT2D eigenvalue weighted by molar-refractivity contribution is 0.660. The number of para-hydroxylation sites is 1. The van der Waals surface area contributed by atoms with Crippen molar-refractivity contribution in [2.75, 3.05) is 4.90 Å². The molecular weight excluding hydrogens is 857 g/mol. The highest BCUT2D eigenvalue weighted by Crippen LogP contribution is 2.53. The van der Waals surface area contributed by atoms with Gasteiger partial charge in [-0.2, -0.15) is 0 Å². The zero-order valence-corrected chi connectivity index (χ0v) is 39.8. The summed E-state index contributed by atoms with van der Waals surface area (Å²) in [4.78, 5) is 2.41. The first kappa shape index (κ1) is 42.1. The number of rotatable bonds is 9. The van der Waals surface area contributed by atoms with Gasteiger partial charge in [-0.25, -0.2) is 0 Å². The predicted molar refractivity (Wildman–Crippen MR) is 300 cm³/mol. The molecule has 13 rings (SSSR count). The number of aromatic nitrogens is 1. The van der Waals surface area contributed by atoms with Crippen LogP contribution in [0.1, 0.15) is 25.0 Å². The van der Waals surface area contributed by atoms with Crippen LogP contribution in [0.15, 0.2) is 267 Å². The van der Waals surface area contributed by atoms with Crippen molar-refractivity contribution in [2.24, 2.45) is 0 Å². The number of anilines is 3. The summed E-state index contributed by atoms with van der Waals surface area (Å²) in [6.45, 7) is 4.81. The topological polar surface area (TPSA) is 8.17 Å². The van der Waals surface area contributed by atoms with Crippen LogP contribution >= 0.6 is 0 Å². The third kappa shape index (κ3) is 7.18. The molecule has 0 unspecified atom stereocenters. The van der Waals surface area contributed by atoms with Gasteiger partial charge in [0.15, 0.2) is 0 Å². The number of hydrogen-bond acceptors (Lipinski definition) is 1. The van der Waals surface area contributed by atoms with Crippen molar-refractivity contribution in [3.8, 4) is 72.6 Å². The average molecular weight is 907 g/mol. The Morgan fingerprint density at radius 3 is 1.30 bits per heavy atom. The zero-order chi connectivity index (χ0) is 47.5. The number of fused-ring (bicyclic) bond motifs is 6. The molecule has 1 aliphatic carbocycles. The van der Waals surface area contributed by atoms with Gasteiger partial charge in [-0.05, 0) is 133 Å². The van der Waals surface area contributed by atoms with Crippen molar-refractivity contribution in [1.29, 1.82) is 0 Å². The van der Waals surface area contributed by atoms with Crippen molar-refractivity contribution < 1.29 is 0 Å². The quantitative estimate of drug-likeness (QED) is 0.140. The highest BCUT2D eigenvalue weighted by atomic mass is 15.1. The molecule has 2 heteroatoms. The molecule has 0 fully saturated rings. The third-order valence-corrected chi connectivity index (χ3v) is 14.8. The van der Waals surface area contributed by atoms with Crippen LogP contribution in [0.3, 0.4) is 0 Å². The van der Waals surface area contributed by atoms with Gasteiger partial charge in [0.05, 0.1) is 11.2 Å². The summed E-state index contributed by atoms with van der Waals surface area (Å²) in [5.74, 6) is 0. The van der Waals surface area contributed by atoms with E-state index in [0.717, 1.165) is 22.7 Å². The molecule has 0 atom stereocenters. The Bertz CT molecular complexity index is 3810. The van der Waals surface area contributed by atoms with Crippen molar-refractivity contribution >= 4 is 38.7 Å². The molecule has 0 N–H and O–H groups in total. The summed E-state index contributed by atoms with van der Waals surface area (Å²) in [6, 6.07) is 97.8. The van der Waals surface area contributed by atoms with Crippen molar-refractivity contribution in [3.63, 3.8) is 0 Å². The molecule has 1 aliphatic rings. The predicted octanol–water partition coefficient (Wildman–Crippen LogP) is 18.9. The minimum atomic E-state index is -0.275. The molecule has 0 spiro atoms. The first-order valence-electron chi connectivity index (χ1n) is 24.7. The molecule has 2 nitrogen and oxygen atoms in total. The van der Waals surface area contributed by atoms with Crippen LogP contribution in [0.5, 0.6) is 0 Å². The Kier molecular flexibility index (Phi) is 10.2. The van der Waals surface area contributed by atoms with Gasteiger partial charge in [-0.1, -0.05) is 220 Å². The summed E-state index contributed by atoms with van der Waals surface area (Å²) in [5, 5.41) is 3.69. The summed E-state index contributed by atoms with van der Waals surface area (Å²) in [5.41, 5.74) is 22.7. The van der Waals surface area contributed by atoms with Crippen LogP contribution in [0.2, 0.25) is 0 Å². The van der Waals surface area contributed by atoms with Gasteiger partial charge in [-0.3, -0.25) is 0 Å². The van der Waals surface area contributed by atoms with E-state index < -0.39 is 0 Å². The highest BCUT2D eigenvalue weighted by molar-refractivity contribution is 6.20. The largest absolute Gasteiger partial charge is 0.310 e. The fraction of sp³-hybridized carbons (Fsp3) is 0.0435. The minimum Gasteiger partial charge on any atom is -0.310 e. The Hall–Kier alpha value is -8.98. The second kappa shape index (κ2) is 17.2. The number of nitrogens with zero attached hydrogens (tertiary/aromatic N) is 2. The maximum Gasteiger partial charge on any atom is 0.0620 e. The maximum absolute atomic E-state index is 2.50. The van der Waals surface area contributed by atoms with Gasteiger partial charge < -0.3 is 9.47 Å². The van der Waals surface area contributed by atoms with Crippen molar-refractivity contribution in [3.05, 3.63) is 278 Å². The van der Waals surface area contributed by atoms with E-state index in [9.17, 15) is 0 Å². The minimum absolute atomic E-state index is 0.275. The molecule has 11 aromatic carbocycles. The molecular formula is C69H50N2. The van der Waals surface area contributed by atoms with Gasteiger partial charge in [0.25, 0.3) is 0 Å². The smallest absolute Gasteiger partial charge is 0.0620 e. The zero-order valence-electron chi connectivity index (χ0n) is 39.8. The first-order valence-corrected chi connectivity index (χ1v) is 24.7. The van der Waals surface area contributed by atoms with E-state index in [1.54, 1.807) is 0 Å². The second-order valence-electron chi connectivity index (χ2n) is 19.3. The normalized spacial score (nSPS) is 12.5. The summed E-state index contributed by atoms with van der Waals surface area (Å²) >= 11 is 0. The van der Waals surface area contributed by atoms with Gasteiger partial charge in [-0.15, -0.1) is 0 Å². The molecule has 336 valence electrons. The molecule has 71 heavy (non-hydrogen) atoms. The fourth-order valence-electron chi connectivity index (χ4n) is 11.3. The Morgan fingerprint density at radius 1 is 0.310 bits per heavy atom. The molecule has 0 bridgehead atoms. The molecule has 0 amide bonds. The molecule has 0 radical (unpaired) electrons. The van der Waals surface area contributed by atoms with Gasteiger partial charge in [0.1, 0.15) is 0 Å². The lowest BCUT2D eigenvalue weighted by Gasteiger charge is -2.28. The monoisotopic (exact) mass is 906 g/mol. The van der Waals surface area contributed by atoms with E-state index in [0.29, 0.717) is 0 Å². The van der Waals surface area contributed by atoms with Crippen LogP contribution in [0.4, 0.5) is 17.1 Å². The maximum atomic E-state index is 2.50. The van der Waals surface area contributed by atoms with E-state index in [1.807, 2.05) is 0 Å². The van der Waals surface area contributed by atoms with Gasteiger partial charge >= 0.3 is 0 Å². The van der Waals surface area contributed by atoms with Crippen LogP contribution in [0, 0.1) is 0 Å². The number of benzene rings is 11. The number of hydrogen-bond donors (Lipinski definition) is 0. The van der Waals surface area contributed by atoms with E-state index in [-0.39, 0.29) is 5.41 Å². The molecule has 0 saturated heterocycles. The summed E-state index contributed by atoms with van der Waals surface area (Å²) < 4.78 is 2.50. The lowest BCUT2D eigenvalue weighted by atomic mass is 9.81. The molecule has 0 aliphatic heterocycles. The molecule has 0 saturated carbocycles. The molecule has 12 aromatic rings. The average Bonchev–Trinajstić information content (AvgIpc) is 3.90. The second-order valence-corrected chi connectivity index (χ2v) is 19.3. The van der Waals surface area contributed by atoms with E-state index in [2.05, 4.69) is 290 Å². The van der Waals surface area contributed by atoms with Gasteiger partial charge in [0, 0.05) is 44.5 Å². The van der Waals surface area contributed by atoms with Crippen LogP contribution in [-0.4, -0.2) is 4.57 Å². The third-order valence-electron chi connectivity index (χ3n) is 14.8. The molecule has 1 aromatic heterocycles. The van der Waals surface area contributed by atoms with E-state index in [1.165, 1.54) is 99.7 Å². The first-order chi connectivity index (χ1) is 35.0. The van der Waals surface area contributed by atoms with E-state index >= 15 is 0 Å². The van der Waals surface area contributed by atoms with Crippen LogP contribution < -0.4 is 4.90 Å². The van der Waals surface area contributed by atoms with E-state index in [4.69, 9.17) is 0 Å². The van der Waals surface area contributed by atoms with Gasteiger partial charge in [0.2, 0.25) is 0 Å². The Morgan fingerprint density at radius 2 is 0.732 bits per heavy atom. The Labute approximate surface area is 416 Å². The van der Waals surface area contributed by atoms with Crippen molar-refractivity contribution in [1.82, 2.24) is 4.57 Å². The molecule has 1 heterocycles. The SMILES string of the molecule is CC1(C)c2cc(-c3cc4c(-c5ccccc5)c(-c5ccccc5)n(-c5ccccc5)c4c4ccccc34)ccc2-c2ccc(N(c3ccc(-c4ccccc4)cc3)c3ccc(-c4ccccc4)cc3)cc21. The summed E-state index contributed by atoms with van der Waals surface area (Å²) in [6.07, 6.45) is 0. The van der Waals surface area contributed by atoms with Crippen LogP contribution in [-0.2, 0) is 5.41 Å². The highest BCUT2D eigenvalue weighted by Gasteiger charge is 2.37.